The molecule has 0 saturated carbocycles. The molecule has 1 amide bonds. The quantitative estimate of drug-likeness (QED) is 0.484. The highest BCUT2D eigenvalue weighted by Gasteiger charge is 2.17. The van der Waals surface area contributed by atoms with Gasteiger partial charge in [-0.3, -0.25) is 9.78 Å². The molecule has 0 fully saturated rings. The van der Waals surface area contributed by atoms with Crippen molar-refractivity contribution in [2.24, 2.45) is 5.73 Å². The number of nitrogens with one attached hydrogen (secondary N) is 2. The fourth-order valence-electron chi connectivity index (χ4n) is 2.87. The van der Waals surface area contributed by atoms with Crippen molar-refractivity contribution in [3.05, 3.63) is 54.4 Å². The van der Waals surface area contributed by atoms with E-state index in [0.29, 0.717) is 5.82 Å². The molecule has 4 N–H and O–H groups in total. The number of pyridine rings is 2. The first-order chi connectivity index (χ1) is 13.5. The molecule has 0 radical (unpaired) electrons. The number of carbonyl (C=O) groups excluding carboxylic acids is 1. The number of carbonyl (C=O) groups is 1. The third-order valence-electron chi connectivity index (χ3n) is 4.29. The van der Waals surface area contributed by atoms with Crippen LogP contribution in [-0.4, -0.2) is 41.5 Å². The molecule has 4 aromatic rings. The average molecular weight is 376 g/mol. The molecule has 142 valence electrons. The first-order valence-electron chi connectivity index (χ1n) is 8.87. The number of aryl methyl sites for hydroxylation is 1. The van der Waals surface area contributed by atoms with Crippen molar-refractivity contribution in [1.82, 2.24) is 34.9 Å². The standard InChI is InChI=1S/C19H20N8O/c1-11-4-3-5-14(24-11)18-17(13-6-7-16-22-10-23-27(16)9-13)25-15(26-18)8-21-19(28)12(2)20/h3-7,9-10,12H,8,20H2,1-2H3,(H,21,28)(H,25,26)/t12-/m0/s1. The zero-order chi connectivity index (χ0) is 19.7. The molecular formula is C19H20N8O. The predicted octanol–water partition coefficient (Wildman–Crippen LogP) is 1.45. The van der Waals surface area contributed by atoms with E-state index in [1.165, 1.54) is 6.33 Å². The minimum atomic E-state index is -0.581. The van der Waals surface area contributed by atoms with Crippen LogP contribution in [0.25, 0.3) is 28.3 Å². The van der Waals surface area contributed by atoms with E-state index in [4.69, 9.17) is 10.7 Å². The summed E-state index contributed by atoms with van der Waals surface area (Å²) in [5.41, 5.74) is 10.4. The minimum Gasteiger partial charge on any atom is -0.348 e. The van der Waals surface area contributed by atoms with Crippen LogP contribution in [0.15, 0.2) is 42.9 Å². The molecule has 0 aromatic carbocycles. The van der Waals surface area contributed by atoms with E-state index >= 15 is 0 Å². The fourth-order valence-corrected chi connectivity index (χ4v) is 2.87. The smallest absolute Gasteiger partial charge is 0.237 e. The normalized spacial score (nSPS) is 12.2. The average Bonchev–Trinajstić information content (AvgIpc) is 3.32. The van der Waals surface area contributed by atoms with Crippen LogP contribution in [0, 0.1) is 6.92 Å². The van der Waals surface area contributed by atoms with Crippen molar-refractivity contribution in [3.63, 3.8) is 0 Å². The van der Waals surface area contributed by atoms with Gasteiger partial charge >= 0.3 is 0 Å². The summed E-state index contributed by atoms with van der Waals surface area (Å²) in [4.78, 5) is 28.6. The summed E-state index contributed by atoms with van der Waals surface area (Å²) in [7, 11) is 0. The van der Waals surface area contributed by atoms with E-state index < -0.39 is 6.04 Å². The van der Waals surface area contributed by atoms with Crippen LogP contribution in [-0.2, 0) is 11.3 Å². The molecule has 4 aromatic heterocycles. The Hall–Kier alpha value is -3.59. The molecule has 9 heteroatoms. The maximum atomic E-state index is 11.8. The summed E-state index contributed by atoms with van der Waals surface area (Å²) in [6.07, 6.45) is 3.36. The first kappa shape index (κ1) is 17.8. The van der Waals surface area contributed by atoms with E-state index in [1.807, 2.05) is 43.5 Å². The van der Waals surface area contributed by atoms with Gasteiger partial charge in [0.25, 0.3) is 0 Å². The van der Waals surface area contributed by atoms with Gasteiger partial charge in [0.15, 0.2) is 5.65 Å². The van der Waals surface area contributed by atoms with E-state index in [-0.39, 0.29) is 12.5 Å². The molecule has 4 heterocycles. The molecule has 0 unspecified atom stereocenters. The Morgan fingerprint density at radius 1 is 1.29 bits per heavy atom. The van der Waals surface area contributed by atoms with E-state index in [0.717, 1.165) is 34.0 Å². The lowest BCUT2D eigenvalue weighted by Gasteiger charge is -2.05. The zero-order valence-corrected chi connectivity index (χ0v) is 15.5. The van der Waals surface area contributed by atoms with Crippen LogP contribution in [0.3, 0.4) is 0 Å². The predicted molar refractivity (Wildman–Crippen MR) is 104 cm³/mol. The van der Waals surface area contributed by atoms with Crippen molar-refractivity contribution in [1.29, 1.82) is 0 Å². The van der Waals surface area contributed by atoms with Gasteiger partial charge in [0, 0.05) is 17.5 Å². The first-order valence-corrected chi connectivity index (χ1v) is 8.87. The molecule has 0 bridgehead atoms. The van der Waals surface area contributed by atoms with Gasteiger partial charge in [-0.15, -0.1) is 0 Å². The van der Waals surface area contributed by atoms with Crippen molar-refractivity contribution in [2.45, 2.75) is 26.4 Å². The number of aromatic amines is 1. The molecule has 0 spiro atoms. The number of imidazole rings is 1. The van der Waals surface area contributed by atoms with Gasteiger partial charge in [-0.1, -0.05) is 6.07 Å². The number of nitrogens with two attached hydrogens (primary N) is 1. The van der Waals surface area contributed by atoms with Gasteiger partial charge in [0.1, 0.15) is 12.2 Å². The molecule has 4 rings (SSSR count). The SMILES string of the molecule is Cc1cccc(-c2[nH]c(CNC(=O)[C@H](C)N)nc2-c2ccc3ncnn3c2)n1. The summed E-state index contributed by atoms with van der Waals surface area (Å²) in [6, 6.07) is 9.03. The van der Waals surface area contributed by atoms with Crippen molar-refractivity contribution in [3.8, 4) is 22.6 Å². The molecule has 1 atom stereocenters. The Kier molecular flexibility index (Phi) is 4.58. The summed E-state index contributed by atoms with van der Waals surface area (Å²) in [5.74, 6) is 0.373. The summed E-state index contributed by atoms with van der Waals surface area (Å²) in [6.45, 7) is 3.81. The Morgan fingerprint density at radius 2 is 2.14 bits per heavy atom. The third kappa shape index (κ3) is 3.47. The monoisotopic (exact) mass is 376 g/mol. The van der Waals surface area contributed by atoms with E-state index in [2.05, 4.69) is 25.4 Å². The second kappa shape index (κ2) is 7.20. The number of amides is 1. The number of fused-ring (bicyclic) bond motifs is 1. The number of hydrogen-bond acceptors (Lipinski definition) is 6. The second-order valence-corrected chi connectivity index (χ2v) is 6.56. The van der Waals surface area contributed by atoms with Crippen molar-refractivity contribution in [2.75, 3.05) is 0 Å². The van der Waals surface area contributed by atoms with Crippen molar-refractivity contribution >= 4 is 11.6 Å². The van der Waals surface area contributed by atoms with Gasteiger partial charge in [0.05, 0.1) is 29.7 Å². The number of nitrogens with zero attached hydrogens (tertiary/aromatic N) is 5. The fraction of sp³-hybridized carbons (Fsp3) is 0.211. The Bertz CT molecular complexity index is 1140. The summed E-state index contributed by atoms with van der Waals surface area (Å²) in [5, 5.41) is 6.96. The Labute approximate surface area is 161 Å². The molecule has 0 aliphatic heterocycles. The van der Waals surface area contributed by atoms with Gasteiger partial charge < -0.3 is 16.0 Å². The number of hydrogen-bond donors (Lipinski definition) is 3. The lowest BCUT2D eigenvalue weighted by molar-refractivity contribution is -0.122. The lowest BCUT2D eigenvalue weighted by atomic mass is 10.1. The highest BCUT2D eigenvalue weighted by atomic mass is 16.2. The highest BCUT2D eigenvalue weighted by Crippen LogP contribution is 2.29. The maximum Gasteiger partial charge on any atom is 0.237 e. The topological polar surface area (TPSA) is 127 Å². The van der Waals surface area contributed by atoms with Gasteiger partial charge in [-0.2, -0.15) is 5.10 Å². The van der Waals surface area contributed by atoms with Crippen LogP contribution in [0.1, 0.15) is 18.4 Å². The highest BCUT2D eigenvalue weighted by molar-refractivity contribution is 5.81. The summed E-state index contributed by atoms with van der Waals surface area (Å²) >= 11 is 0. The number of H-pyrrole nitrogens is 1. The minimum absolute atomic E-state index is 0.239. The molecule has 9 nitrogen and oxygen atoms in total. The van der Waals surface area contributed by atoms with Crippen LogP contribution in [0.2, 0.25) is 0 Å². The van der Waals surface area contributed by atoms with Gasteiger partial charge in [0.2, 0.25) is 5.91 Å². The largest absolute Gasteiger partial charge is 0.348 e. The van der Waals surface area contributed by atoms with Crippen LogP contribution < -0.4 is 11.1 Å². The molecule has 0 aliphatic rings. The molecule has 28 heavy (non-hydrogen) atoms. The van der Waals surface area contributed by atoms with Gasteiger partial charge in [-0.25, -0.2) is 14.5 Å². The molecule has 0 saturated heterocycles. The molecular weight excluding hydrogens is 356 g/mol. The Morgan fingerprint density at radius 3 is 2.93 bits per heavy atom. The van der Waals surface area contributed by atoms with Crippen LogP contribution in [0.4, 0.5) is 0 Å². The van der Waals surface area contributed by atoms with Crippen LogP contribution in [0.5, 0.6) is 0 Å². The second-order valence-electron chi connectivity index (χ2n) is 6.56. The van der Waals surface area contributed by atoms with Crippen LogP contribution >= 0.6 is 0 Å². The van der Waals surface area contributed by atoms with E-state index in [1.54, 1.807) is 11.4 Å². The molecule has 0 aliphatic carbocycles. The third-order valence-corrected chi connectivity index (χ3v) is 4.29. The summed E-state index contributed by atoms with van der Waals surface area (Å²) < 4.78 is 1.69. The van der Waals surface area contributed by atoms with Gasteiger partial charge in [-0.05, 0) is 38.1 Å². The number of aromatic nitrogens is 6. The maximum absolute atomic E-state index is 11.8. The lowest BCUT2D eigenvalue weighted by Crippen LogP contribution is -2.38. The van der Waals surface area contributed by atoms with Crippen molar-refractivity contribution < 1.29 is 4.79 Å². The zero-order valence-electron chi connectivity index (χ0n) is 15.5. The van der Waals surface area contributed by atoms with E-state index in [9.17, 15) is 4.79 Å². The Balaban J connectivity index is 1.77. The number of rotatable bonds is 5.